The Bertz CT molecular complexity index is 830. The van der Waals surface area contributed by atoms with E-state index in [0.717, 1.165) is 5.56 Å². The molecule has 2 heterocycles. The van der Waals surface area contributed by atoms with Gasteiger partial charge in [0.15, 0.2) is 5.82 Å². The van der Waals surface area contributed by atoms with Crippen LogP contribution in [0.5, 0.6) is 0 Å². The second-order valence-corrected chi connectivity index (χ2v) is 7.23. The first-order valence-electron chi connectivity index (χ1n) is 9.38. The molecule has 1 aliphatic heterocycles. The molecule has 0 spiro atoms. The third-order valence-electron chi connectivity index (χ3n) is 4.92. The van der Waals surface area contributed by atoms with Crippen LogP contribution < -0.4 is 0 Å². The number of likely N-dealkylation sites (N-methyl/N-ethyl adjacent to an activating group) is 1. The van der Waals surface area contributed by atoms with E-state index < -0.39 is 6.04 Å². The highest BCUT2D eigenvalue weighted by molar-refractivity contribution is 6.01. The van der Waals surface area contributed by atoms with Crippen LogP contribution >= 0.6 is 0 Å². The first-order valence-corrected chi connectivity index (χ1v) is 9.38. The van der Waals surface area contributed by atoms with Crippen molar-refractivity contribution in [2.75, 3.05) is 13.6 Å². The topological polar surface area (TPSA) is 79.5 Å². The molecule has 3 rings (SSSR count). The highest BCUT2D eigenvalue weighted by Gasteiger charge is 2.36. The molecule has 0 aliphatic carbocycles. The van der Waals surface area contributed by atoms with E-state index in [1.54, 1.807) is 16.8 Å². The maximum atomic E-state index is 13.0. The Balaban J connectivity index is 1.63. The predicted octanol–water partition coefficient (Wildman–Crippen LogP) is 2.63. The van der Waals surface area contributed by atoms with Gasteiger partial charge in [0.2, 0.25) is 11.8 Å². The van der Waals surface area contributed by atoms with Crippen LogP contribution in [0.4, 0.5) is 0 Å². The minimum absolute atomic E-state index is 0.0637. The molecule has 1 unspecified atom stereocenters. The summed E-state index contributed by atoms with van der Waals surface area (Å²) in [5, 5.41) is 3.96. The van der Waals surface area contributed by atoms with E-state index in [9.17, 15) is 9.59 Å². The molecule has 27 heavy (non-hydrogen) atoms. The second-order valence-electron chi connectivity index (χ2n) is 7.23. The van der Waals surface area contributed by atoms with E-state index in [4.69, 9.17) is 4.52 Å². The van der Waals surface area contributed by atoms with Crippen molar-refractivity contribution in [2.45, 2.75) is 52.1 Å². The number of fused-ring (bicyclic) bond motifs is 1. The number of amides is 2. The predicted molar refractivity (Wildman–Crippen MR) is 100 cm³/mol. The van der Waals surface area contributed by atoms with Crippen molar-refractivity contribution in [3.63, 3.8) is 0 Å². The summed E-state index contributed by atoms with van der Waals surface area (Å²) in [6.07, 6.45) is 1.09. The maximum absolute atomic E-state index is 13.0. The fraction of sp³-hybridized carbons (Fsp3) is 0.500. The van der Waals surface area contributed by atoms with Gasteiger partial charge in [-0.2, -0.15) is 4.98 Å². The molecule has 7 heteroatoms. The molecule has 1 aromatic carbocycles. The van der Waals surface area contributed by atoms with Gasteiger partial charge < -0.3 is 14.3 Å². The SMILES string of the molecule is CCC(C(=O)N(C)CCc1noc(C(C)C)n1)N1Cc2ccccc2C1=O. The molecule has 0 N–H and O–H groups in total. The van der Waals surface area contributed by atoms with Crippen LogP contribution in [0.2, 0.25) is 0 Å². The van der Waals surface area contributed by atoms with Crippen LogP contribution in [0.1, 0.15) is 60.7 Å². The molecule has 1 atom stereocenters. The maximum Gasteiger partial charge on any atom is 0.255 e. The zero-order valence-corrected chi connectivity index (χ0v) is 16.3. The zero-order valence-electron chi connectivity index (χ0n) is 16.3. The van der Waals surface area contributed by atoms with Crippen LogP contribution in [-0.2, 0) is 17.8 Å². The highest BCUT2D eigenvalue weighted by atomic mass is 16.5. The summed E-state index contributed by atoms with van der Waals surface area (Å²) >= 11 is 0. The van der Waals surface area contributed by atoms with Crippen LogP contribution in [0, 0.1) is 0 Å². The van der Waals surface area contributed by atoms with Gasteiger partial charge in [-0.25, -0.2) is 0 Å². The molecule has 7 nitrogen and oxygen atoms in total. The lowest BCUT2D eigenvalue weighted by Gasteiger charge is -2.29. The van der Waals surface area contributed by atoms with Crippen molar-refractivity contribution in [1.29, 1.82) is 0 Å². The van der Waals surface area contributed by atoms with Crippen molar-refractivity contribution in [3.8, 4) is 0 Å². The molecular formula is C20H26N4O3. The Kier molecular flexibility index (Phi) is 5.58. The number of carbonyl (C=O) groups is 2. The van der Waals surface area contributed by atoms with Gasteiger partial charge in [-0.15, -0.1) is 0 Å². The van der Waals surface area contributed by atoms with Gasteiger partial charge in [0.1, 0.15) is 6.04 Å². The number of carbonyl (C=O) groups excluding carboxylic acids is 2. The van der Waals surface area contributed by atoms with Crippen molar-refractivity contribution >= 4 is 11.8 Å². The average Bonchev–Trinajstić information content (AvgIpc) is 3.26. The number of nitrogens with zero attached hydrogens (tertiary/aromatic N) is 4. The lowest BCUT2D eigenvalue weighted by Crippen LogP contribution is -2.47. The van der Waals surface area contributed by atoms with Gasteiger partial charge in [-0.3, -0.25) is 9.59 Å². The number of rotatable bonds is 7. The first-order chi connectivity index (χ1) is 12.9. The fourth-order valence-electron chi connectivity index (χ4n) is 3.29. The van der Waals surface area contributed by atoms with Gasteiger partial charge in [0, 0.05) is 38.0 Å². The molecule has 0 saturated carbocycles. The molecule has 144 valence electrons. The zero-order chi connectivity index (χ0) is 19.6. The minimum Gasteiger partial charge on any atom is -0.344 e. The Morgan fingerprint density at radius 3 is 2.70 bits per heavy atom. The normalized spacial score (nSPS) is 14.6. The summed E-state index contributed by atoms with van der Waals surface area (Å²) < 4.78 is 5.20. The number of aromatic nitrogens is 2. The summed E-state index contributed by atoms with van der Waals surface area (Å²) in [6.45, 7) is 6.87. The number of hydrogen-bond donors (Lipinski definition) is 0. The molecule has 0 saturated heterocycles. The Labute approximate surface area is 159 Å². The van der Waals surface area contributed by atoms with E-state index >= 15 is 0 Å². The van der Waals surface area contributed by atoms with E-state index in [1.807, 2.05) is 45.0 Å². The van der Waals surface area contributed by atoms with Crippen molar-refractivity contribution in [3.05, 3.63) is 47.1 Å². The average molecular weight is 370 g/mol. The van der Waals surface area contributed by atoms with Crippen LogP contribution in [0.25, 0.3) is 0 Å². The molecule has 2 aromatic rings. The molecule has 2 amide bonds. The summed E-state index contributed by atoms with van der Waals surface area (Å²) in [7, 11) is 1.75. The van der Waals surface area contributed by atoms with Gasteiger partial charge in [0.05, 0.1) is 0 Å². The second kappa shape index (κ2) is 7.90. The Morgan fingerprint density at radius 1 is 1.33 bits per heavy atom. The largest absolute Gasteiger partial charge is 0.344 e. The highest BCUT2D eigenvalue weighted by Crippen LogP contribution is 2.26. The minimum atomic E-state index is -0.466. The fourth-order valence-corrected chi connectivity index (χ4v) is 3.29. The molecular weight excluding hydrogens is 344 g/mol. The van der Waals surface area contributed by atoms with Crippen LogP contribution in [0.3, 0.4) is 0 Å². The molecule has 0 radical (unpaired) electrons. The lowest BCUT2D eigenvalue weighted by atomic mass is 10.1. The van der Waals surface area contributed by atoms with E-state index in [1.165, 1.54) is 0 Å². The van der Waals surface area contributed by atoms with Gasteiger partial charge in [0.25, 0.3) is 5.91 Å². The van der Waals surface area contributed by atoms with Gasteiger partial charge >= 0.3 is 0 Å². The van der Waals surface area contributed by atoms with E-state index in [2.05, 4.69) is 10.1 Å². The van der Waals surface area contributed by atoms with Crippen molar-refractivity contribution in [1.82, 2.24) is 19.9 Å². The Hall–Kier alpha value is -2.70. The number of benzene rings is 1. The molecule has 1 aliphatic rings. The first kappa shape index (κ1) is 19.1. The summed E-state index contributed by atoms with van der Waals surface area (Å²) in [5.74, 6) is 1.24. The van der Waals surface area contributed by atoms with Crippen molar-refractivity contribution < 1.29 is 14.1 Å². The van der Waals surface area contributed by atoms with Crippen LogP contribution in [-0.4, -0.2) is 51.4 Å². The number of hydrogen-bond acceptors (Lipinski definition) is 5. The Morgan fingerprint density at radius 2 is 2.07 bits per heavy atom. The molecule has 1 aromatic heterocycles. The van der Waals surface area contributed by atoms with Crippen molar-refractivity contribution in [2.24, 2.45) is 0 Å². The summed E-state index contributed by atoms with van der Waals surface area (Å²) in [5.41, 5.74) is 1.67. The van der Waals surface area contributed by atoms with Gasteiger partial charge in [-0.05, 0) is 18.1 Å². The monoisotopic (exact) mass is 370 g/mol. The standard InChI is InChI=1S/C20H26N4O3/c1-5-16(24-12-14-8-6-7-9-15(14)19(24)25)20(26)23(4)11-10-17-21-18(13(2)3)27-22-17/h6-9,13,16H,5,10-12H2,1-4H3. The molecule has 0 bridgehead atoms. The third-order valence-corrected chi connectivity index (χ3v) is 4.92. The smallest absolute Gasteiger partial charge is 0.255 e. The van der Waals surface area contributed by atoms with E-state index in [-0.39, 0.29) is 17.7 Å². The summed E-state index contributed by atoms with van der Waals surface area (Å²) in [6, 6.07) is 7.07. The summed E-state index contributed by atoms with van der Waals surface area (Å²) in [4.78, 5) is 33.3. The van der Waals surface area contributed by atoms with Crippen LogP contribution in [0.15, 0.2) is 28.8 Å². The van der Waals surface area contributed by atoms with Gasteiger partial charge in [-0.1, -0.05) is 44.1 Å². The lowest BCUT2D eigenvalue weighted by molar-refractivity contribution is -0.135. The molecule has 0 fully saturated rings. The van der Waals surface area contributed by atoms with E-state index in [0.29, 0.717) is 43.2 Å². The third kappa shape index (κ3) is 3.86. The quantitative estimate of drug-likeness (QED) is 0.748.